The largest absolute Gasteiger partial charge is 0.489 e. The summed E-state index contributed by atoms with van der Waals surface area (Å²) in [7, 11) is -3.57. The third kappa shape index (κ3) is 6.28. The van der Waals surface area contributed by atoms with Crippen molar-refractivity contribution in [3.63, 3.8) is 0 Å². The van der Waals surface area contributed by atoms with Crippen LogP contribution in [0.15, 0.2) is 70.3 Å². The first-order valence-electron chi connectivity index (χ1n) is 8.65. The van der Waals surface area contributed by atoms with Gasteiger partial charge in [-0.15, -0.1) is 5.10 Å². The van der Waals surface area contributed by atoms with E-state index in [-0.39, 0.29) is 18.3 Å². The normalized spacial score (nSPS) is 11.5. The third-order valence-corrected chi connectivity index (χ3v) is 4.53. The quantitative estimate of drug-likeness (QED) is 0.564. The van der Waals surface area contributed by atoms with Crippen LogP contribution in [0, 0.1) is 0 Å². The molecule has 1 amide bonds. The molecule has 8 nitrogen and oxygen atoms in total. The zero-order valence-corrected chi connectivity index (χ0v) is 16.4. The Morgan fingerprint density at radius 2 is 1.83 bits per heavy atom. The summed E-state index contributed by atoms with van der Waals surface area (Å²) in [6, 6.07) is 17.2. The first-order valence-corrected chi connectivity index (χ1v) is 10.5. The molecule has 29 heavy (non-hydrogen) atoms. The number of hydrogen-bond acceptors (Lipinski definition) is 7. The van der Waals surface area contributed by atoms with Crippen molar-refractivity contribution in [3.05, 3.63) is 77.7 Å². The number of carbonyl (C=O) groups is 1. The van der Waals surface area contributed by atoms with Crippen LogP contribution in [-0.2, 0) is 27.8 Å². The van der Waals surface area contributed by atoms with E-state index in [2.05, 4.69) is 15.5 Å². The summed E-state index contributed by atoms with van der Waals surface area (Å²) >= 11 is 0. The van der Waals surface area contributed by atoms with Crippen LogP contribution < -0.4 is 10.1 Å². The minimum absolute atomic E-state index is 0.00657. The van der Waals surface area contributed by atoms with E-state index in [4.69, 9.17) is 9.15 Å². The molecule has 0 aliphatic rings. The van der Waals surface area contributed by atoms with Crippen molar-refractivity contribution in [2.75, 3.05) is 6.26 Å². The van der Waals surface area contributed by atoms with Crippen LogP contribution in [-0.4, -0.2) is 30.8 Å². The van der Waals surface area contributed by atoms with Gasteiger partial charge in [0.05, 0.1) is 6.54 Å². The van der Waals surface area contributed by atoms with Gasteiger partial charge in [-0.2, -0.15) is 0 Å². The van der Waals surface area contributed by atoms with Crippen LogP contribution in [0.4, 0.5) is 0 Å². The molecule has 0 bridgehead atoms. The summed E-state index contributed by atoms with van der Waals surface area (Å²) in [5, 5.41) is 9.05. The van der Waals surface area contributed by atoms with Gasteiger partial charge in [0.1, 0.15) is 12.4 Å². The number of carbonyl (C=O) groups excluding carboxylic acids is 1. The molecule has 1 heterocycles. The zero-order chi connectivity index (χ0) is 20.7. The number of benzene rings is 2. The van der Waals surface area contributed by atoms with Crippen LogP contribution in [0.1, 0.15) is 17.0 Å². The van der Waals surface area contributed by atoms with Gasteiger partial charge in [0.15, 0.2) is 0 Å². The van der Waals surface area contributed by atoms with Crippen molar-refractivity contribution < 1.29 is 22.4 Å². The average molecular weight is 413 g/mol. The molecule has 3 rings (SSSR count). The molecule has 0 aliphatic heterocycles. The van der Waals surface area contributed by atoms with Crippen LogP contribution in [0.5, 0.6) is 5.75 Å². The second kappa shape index (κ2) is 9.16. The van der Waals surface area contributed by atoms with Crippen molar-refractivity contribution >= 4 is 21.8 Å². The van der Waals surface area contributed by atoms with E-state index in [1.165, 1.54) is 6.08 Å². The van der Waals surface area contributed by atoms with Crippen LogP contribution in [0.2, 0.25) is 0 Å². The first kappa shape index (κ1) is 20.3. The van der Waals surface area contributed by atoms with Crippen molar-refractivity contribution in [3.8, 4) is 5.75 Å². The molecule has 9 heteroatoms. The van der Waals surface area contributed by atoms with Gasteiger partial charge in [0.2, 0.25) is 21.6 Å². The number of sulfone groups is 1. The Hall–Kier alpha value is -3.46. The molecule has 0 fully saturated rings. The zero-order valence-electron chi connectivity index (χ0n) is 15.6. The van der Waals surface area contributed by atoms with Gasteiger partial charge in [0, 0.05) is 12.3 Å². The summed E-state index contributed by atoms with van der Waals surface area (Å²) in [4.78, 5) is 11.9. The molecule has 0 aliphatic carbocycles. The predicted molar refractivity (Wildman–Crippen MR) is 106 cm³/mol. The number of aromatic nitrogens is 2. The fourth-order valence-electron chi connectivity index (χ4n) is 2.27. The van der Waals surface area contributed by atoms with Crippen molar-refractivity contribution in [1.29, 1.82) is 0 Å². The molecule has 0 saturated carbocycles. The maximum atomic E-state index is 11.9. The predicted octanol–water partition coefficient (Wildman–Crippen LogP) is 2.38. The van der Waals surface area contributed by atoms with E-state index < -0.39 is 15.1 Å². The molecule has 150 valence electrons. The monoisotopic (exact) mass is 413 g/mol. The van der Waals surface area contributed by atoms with E-state index >= 15 is 0 Å². The maximum absolute atomic E-state index is 11.9. The first-order chi connectivity index (χ1) is 13.9. The van der Waals surface area contributed by atoms with E-state index in [1.54, 1.807) is 6.08 Å². The highest BCUT2D eigenvalue weighted by molar-refractivity contribution is 7.90. The number of nitrogens with zero attached hydrogens (tertiary/aromatic N) is 2. The minimum atomic E-state index is -3.57. The molecule has 1 aromatic heterocycles. The van der Waals surface area contributed by atoms with E-state index in [0.29, 0.717) is 6.61 Å². The van der Waals surface area contributed by atoms with Crippen LogP contribution in [0.25, 0.3) is 6.08 Å². The standard InChI is InChI=1S/C20H19N3O5S/c1-29(25,26)20-23-22-19(28-20)13-21-18(24)12-9-15-7-10-17(11-8-15)27-14-16-5-3-2-4-6-16/h2-12H,13-14H2,1H3,(H,21,24)/b12-9+. The van der Waals surface area contributed by atoms with Gasteiger partial charge in [-0.1, -0.05) is 47.6 Å². The number of nitrogens with one attached hydrogen (secondary N) is 1. The van der Waals surface area contributed by atoms with Gasteiger partial charge in [-0.25, -0.2) is 8.42 Å². The summed E-state index contributed by atoms with van der Waals surface area (Å²) < 4.78 is 33.2. The van der Waals surface area contributed by atoms with Gasteiger partial charge >= 0.3 is 5.22 Å². The van der Waals surface area contributed by atoms with Crippen molar-refractivity contribution in [2.24, 2.45) is 0 Å². The van der Waals surface area contributed by atoms with Gasteiger partial charge in [-0.05, 0) is 29.3 Å². The average Bonchev–Trinajstić information content (AvgIpc) is 3.20. The summed E-state index contributed by atoms with van der Waals surface area (Å²) in [5.41, 5.74) is 1.91. The SMILES string of the molecule is CS(=O)(=O)c1nnc(CNC(=O)/C=C/c2ccc(OCc3ccccc3)cc2)o1. The van der Waals surface area contributed by atoms with Gasteiger partial charge in [-0.3, -0.25) is 4.79 Å². The lowest BCUT2D eigenvalue weighted by Crippen LogP contribution is -2.20. The molecule has 0 spiro atoms. The van der Waals surface area contributed by atoms with Crippen LogP contribution >= 0.6 is 0 Å². The molecule has 0 saturated heterocycles. The van der Waals surface area contributed by atoms with Gasteiger partial charge < -0.3 is 14.5 Å². The molecule has 2 aromatic carbocycles. The van der Waals surface area contributed by atoms with Crippen LogP contribution in [0.3, 0.4) is 0 Å². The second-order valence-electron chi connectivity index (χ2n) is 6.13. The number of hydrogen-bond donors (Lipinski definition) is 1. The Balaban J connectivity index is 1.47. The fourth-order valence-corrected chi connectivity index (χ4v) is 2.71. The Kier molecular flexibility index (Phi) is 6.40. The molecular weight excluding hydrogens is 394 g/mol. The molecule has 0 atom stereocenters. The van der Waals surface area contributed by atoms with Gasteiger partial charge in [0.25, 0.3) is 0 Å². The Morgan fingerprint density at radius 3 is 2.48 bits per heavy atom. The van der Waals surface area contributed by atoms with E-state index in [1.807, 2.05) is 54.6 Å². The lowest BCUT2D eigenvalue weighted by atomic mass is 10.2. The lowest BCUT2D eigenvalue weighted by Gasteiger charge is -2.06. The lowest BCUT2D eigenvalue weighted by molar-refractivity contribution is -0.116. The maximum Gasteiger partial charge on any atom is 0.335 e. The van der Waals surface area contributed by atoms with E-state index in [0.717, 1.165) is 23.1 Å². The Morgan fingerprint density at radius 1 is 1.10 bits per heavy atom. The topological polar surface area (TPSA) is 111 Å². The number of amides is 1. The molecule has 1 N–H and O–H groups in total. The summed E-state index contributed by atoms with van der Waals surface area (Å²) in [5.74, 6) is 0.356. The highest BCUT2D eigenvalue weighted by Gasteiger charge is 2.16. The summed E-state index contributed by atoms with van der Waals surface area (Å²) in [6.07, 6.45) is 3.96. The number of rotatable bonds is 8. The Labute approximate surface area is 168 Å². The molecule has 0 unspecified atom stereocenters. The fraction of sp³-hybridized carbons (Fsp3) is 0.150. The summed E-state index contributed by atoms with van der Waals surface area (Å²) in [6.45, 7) is 0.410. The second-order valence-corrected chi connectivity index (χ2v) is 8.02. The van der Waals surface area contributed by atoms with Crippen molar-refractivity contribution in [1.82, 2.24) is 15.5 Å². The number of ether oxygens (including phenoxy) is 1. The highest BCUT2D eigenvalue weighted by atomic mass is 32.2. The smallest absolute Gasteiger partial charge is 0.335 e. The van der Waals surface area contributed by atoms with E-state index in [9.17, 15) is 13.2 Å². The van der Waals surface area contributed by atoms with Crippen molar-refractivity contribution in [2.45, 2.75) is 18.4 Å². The Bertz CT molecular complexity index is 1090. The minimum Gasteiger partial charge on any atom is -0.489 e. The molecule has 3 aromatic rings. The molecule has 0 radical (unpaired) electrons. The molecular formula is C20H19N3O5S. The third-order valence-electron chi connectivity index (χ3n) is 3.73. The highest BCUT2D eigenvalue weighted by Crippen LogP contribution is 2.15.